The van der Waals surface area contributed by atoms with E-state index in [2.05, 4.69) is 10.5 Å². The zero-order valence-electron chi connectivity index (χ0n) is 13.6. The fourth-order valence-corrected chi connectivity index (χ4v) is 2.91. The van der Waals surface area contributed by atoms with Gasteiger partial charge < -0.3 is 24.9 Å². The van der Waals surface area contributed by atoms with E-state index < -0.39 is 31.0 Å². The highest BCUT2D eigenvalue weighted by Gasteiger charge is 2.33. The summed E-state index contributed by atoms with van der Waals surface area (Å²) in [5.41, 5.74) is 0.111. The van der Waals surface area contributed by atoms with Crippen molar-refractivity contribution in [2.45, 2.75) is 31.8 Å². The second-order valence-corrected chi connectivity index (χ2v) is 6.19. The minimum atomic E-state index is -1.33. The Balaban J connectivity index is 2.05. The summed E-state index contributed by atoms with van der Waals surface area (Å²) in [6.45, 7) is 2.07. The van der Waals surface area contributed by atoms with Crippen molar-refractivity contribution in [3.05, 3.63) is 34.5 Å². The standard InChI is InChI=1S/C15H19BN2O6S/c1-2-23-18-14(11-6-4-8-25-11)15(21)17-12-7-3-5-10(9-13(19)20)24-16(12)22/h3-6,8,10,12,22H,2,7,9H2,1H3,(H,17,21)(H,19,20)/b18-14-/t10-,12+/m1/s1. The molecule has 0 fully saturated rings. The number of carboxylic acids is 1. The van der Waals surface area contributed by atoms with E-state index in [-0.39, 0.29) is 12.1 Å². The van der Waals surface area contributed by atoms with Gasteiger partial charge in [0.2, 0.25) is 0 Å². The molecule has 0 aliphatic carbocycles. The number of carboxylic acid groups (broad SMARTS) is 1. The Morgan fingerprint density at radius 1 is 1.56 bits per heavy atom. The Morgan fingerprint density at radius 3 is 3.00 bits per heavy atom. The zero-order chi connectivity index (χ0) is 18.2. The van der Waals surface area contributed by atoms with Crippen LogP contribution in [0.2, 0.25) is 0 Å². The molecular formula is C15H19BN2O6S. The quantitative estimate of drug-likeness (QED) is 0.285. The van der Waals surface area contributed by atoms with Crippen LogP contribution in [-0.2, 0) is 19.1 Å². The fourth-order valence-electron chi connectivity index (χ4n) is 2.21. The average molecular weight is 366 g/mol. The number of nitrogens with one attached hydrogen (secondary N) is 1. The maximum Gasteiger partial charge on any atom is 0.478 e. The molecule has 1 aliphatic rings. The molecule has 8 nitrogen and oxygen atoms in total. The first-order valence-electron chi connectivity index (χ1n) is 7.78. The van der Waals surface area contributed by atoms with Gasteiger partial charge in [-0.2, -0.15) is 0 Å². The number of oxime groups is 1. The van der Waals surface area contributed by atoms with E-state index in [0.717, 1.165) is 0 Å². The van der Waals surface area contributed by atoms with Crippen LogP contribution in [0.25, 0.3) is 0 Å². The van der Waals surface area contributed by atoms with Crippen LogP contribution in [0, 0.1) is 0 Å². The molecule has 0 spiro atoms. The predicted molar refractivity (Wildman–Crippen MR) is 93.3 cm³/mol. The largest absolute Gasteiger partial charge is 0.481 e. The molecule has 2 atom stereocenters. The van der Waals surface area contributed by atoms with E-state index in [1.165, 1.54) is 11.3 Å². The van der Waals surface area contributed by atoms with E-state index in [9.17, 15) is 14.6 Å². The lowest BCUT2D eigenvalue weighted by Crippen LogP contribution is -2.50. The first kappa shape index (κ1) is 19.2. The van der Waals surface area contributed by atoms with Gasteiger partial charge in [0.1, 0.15) is 6.61 Å². The molecule has 1 aliphatic heterocycles. The number of carbonyl (C=O) groups is 2. The first-order valence-corrected chi connectivity index (χ1v) is 8.66. The number of amides is 1. The van der Waals surface area contributed by atoms with E-state index in [0.29, 0.717) is 17.9 Å². The van der Waals surface area contributed by atoms with Crippen molar-refractivity contribution in [3.63, 3.8) is 0 Å². The van der Waals surface area contributed by atoms with Gasteiger partial charge in [-0.1, -0.05) is 23.4 Å². The maximum atomic E-state index is 12.5. The highest BCUT2D eigenvalue weighted by molar-refractivity contribution is 7.13. The van der Waals surface area contributed by atoms with Crippen molar-refractivity contribution in [3.8, 4) is 0 Å². The van der Waals surface area contributed by atoms with Gasteiger partial charge in [0.05, 0.1) is 23.3 Å². The molecule has 2 heterocycles. The molecule has 0 saturated carbocycles. The van der Waals surface area contributed by atoms with Crippen molar-refractivity contribution in [2.75, 3.05) is 6.61 Å². The van der Waals surface area contributed by atoms with Gasteiger partial charge in [-0.15, -0.1) is 11.3 Å². The van der Waals surface area contributed by atoms with E-state index in [1.54, 1.807) is 31.2 Å². The number of hydrogen-bond donors (Lipinski definition) is 3. The van der Waals surface area contributed by atoms with Crippen LogP contribution in [0.4, 0.5) is 0 Å². The van der Waals surface area contributed by atoms with Crippen LogP contribution in [0.5, 0.6) is 0 Å². The second-order valence-electron chi connectivity index (χ2n) is 5.24. The Bertz CT molecular complexity index is 648. The fraction of sp³-hybridized carbons (Fsp3) is 0.400. The van der Waals surface area contributed by atoms with Crippen molar-refractivity contribution in [1.29, 1.82) is 0 Å². The summed E-state index contributed by atoms with van der Waals surface area (Å²) in [4.78, 5) is 28.9. The molecule has 134 valence electrons. The maximum absolute atomic E-state index is 12.5. The first-order chi connectivity index (χ1) is 12.0. The third-order valence-corrected chi connectivity index (χ3v) is 4.22. The Labute approximate surface area is 149 Å². The zero-order valence-corrected chi connectivity index (χ0v) is 14.4. The molecule has 0 saturated heterocycles. The van der Waals surface area contributed by atoms with E-state index in [1.807, 2.05) is 5.38 Å². The topological polar surface area (TPSA) is 117 Å². The van der Waals surface area contributed by atoms with Gasteiger partial charge in [0, 0.05) is 0 Å². The van der Waals surface area contributed by atoms with Gasteiger partial charge >= 0.3 is 13.1 Å². The number of carbonyl (C=O) groups excluding carboxylic acids is 1. The molecule has 25 heavy (non-hydrogen) atoms. The minimum Gasteiger partial charge on any atom is -0.481 e. The molecule has 2 rings (SSSR count). The molecule has 3 N–H and O–H groups in total. The summed E-state index contributed by atoms with van der Waals surface area (Å²) in [6, 6.07) is 3.53. The summed E-state index contributed by atoms with van der Waals surface area (Å²) in [5.74, 6) is -2.27. The van der Waals surface area contributed by atoms with Gasteiger partial charge in [-0.3, -0.25) is 9.59 Å². The third kappa shape index (κ3) is 5.70. The van der Waals surface area contributed by atoms with Gasteiger partial charge in [0.15, 0.2) is 5.71 Å². The lowest BCUT2D eigenvalue weighted by Gasteiger charge is -2.20. The molecule has 0 unspecified atom stereocenters. The normalized spacial score (nSPS) is 20.9. The van der Waals surface area contributed by atoms with Crippen molar-refractivity contribution in [2.24, 2.45) is 5.16 Å². The van der Waals surface area contributed by atoms with Crippen LogP contribution in [0.15, 0.2) is 34.8 Å². The number of aliphatic carboxylic acids is 1. The summed E-state index contributed by atoms with van der Waals surface area (Å²) < 4.78 is 5.29. The van der Waals surface area contributed by atoms with E-state index >= 15 is 0 Å². The molecule has 0 bridgehead atoms. The van der Waals surface area contributed by atoms with Crippen LogP contribution >= 0.6 is 11.3 Å². The monoisotopic (exact) mass is 366 g/mol. The molecule has 1 aromatic heterocycles. The molecule has 0 radical (unpaired) electrons. The number of nitrogens with zero attached hydrogens (tertiary/aromatic N) is 1. The summed E-state index contributed by atoms with van der Waals surface area (Å²) in [6.07, 6.45) is 2.54. The van der Waals surface area contributed by atoms with Gasteiger partial charge in [-0.05, 0) is 24.8 Å². The SMILES string of the molecule is CCO/N=C(\C(=O)N[C@H]1CC=C[C@H](CC(=O)O)OB1O)c1cccs1. The number of thiophene rings is 1. The van der Waals surface area contributed by atoms with Crippen LogP contribution < -0.4 is 5.32 Å². The summed E-state index contributed by atoms with van der Waals surface area (Å²) >= 11 is 1.34. The second kappa shape index (κ2) is 9.35. The highest BCUT2D eigenvalue weighted by atomic mass is 32.1. The molecule has 10 heteroatoms. The lowest BCUT2D eigenvalue weighted by molar-refractivity contribution is -0.138. The number of rotatable bonds is 7. The van der Waals surface area contributed by atoms with Gasteiger partial charge in [-0.25, -0.2) is 0 Å². The van der Waals surface area contributed by atoms with Crippen LogP contribution in [-0.4, -0.2) is 53.5 Å². The van der Waals surface area contributed by atoms with Gasteiger partial charge in [0.25, 0.3) is 5.91 Å². The average Bonchev–Trinajstić information content (AvgIpc) is 3.02. The van der Waals surface area contributed by atoms with Crippen molar-refractivity contribution < 1.29 is 29.2 Å². The predicted octanol–water partition coefficient (Wildman–Crippen LogP) is 0.813. The molecule has 1 amide bonds. The van der Waals surface area contributed by atoms with Crippen molar-refractivity contribution in [1.82, 2.24) is 5.32 Å². The molecule has 1 aromatic rings. The highest BCUT2D eigenvalue weighted by Crippen LogP contribution is 2.14. The van der Waals surface area contributed by atoms with Crippen LogP contribution in [0.3, 0.4) is 0 Å². The Hall–Kier alpha value is -2.17. The van der Waals surface area contributed by atoms with Crippen molar-refractivity contribution >= 4 is 36.0 Å². The molecule has 0 aromatic carbocycles. The van der Waals surface area contributed by atoms with E-state index in [4.69, 9.17) is 14.6 Å². The smallest absolute Gasteiger partial charge is 0.478 e. The Kier molecular flexibility index (Phi) is 7.17. The lowest BCUT2D eigenvalue weighted by atomic mass is 9.77. The summed E-state index contributed by atoms with van der Waals surface area (Å²) in [5, 5.41) is 27.3. The molecular weight excluding hydrogens is 347 g/mol. The third-order valence-electron chi connectivity index (χ3n) is 3.35. The summed E-state index contributed by atoms with van der Waals surface area (Å²) in [7, 11) is -1.33. The number of hydrogen-bond acceptors (Lipinski definition) is 7. The Morgan fingerprint density at radius 2 is 2.36 bits per heavy atom. The minimum absolute atomic E-state index is 0.111. The van der Waals surface area contributed by atoms with Crippen LogP contribution in [0.1, 0.15) is 24.6 Å².